The highest BCUT2D eigenvalue weighted by molar-refractivity contribution is 6.06. The average molecular weight is 296 g/mol. The molecule has 0 bridgehead atoms. The standard InChI is InChI=1S/C16H12N2O4/c19-13-1-7-9(5-17-11(7)3-15(13)21)10-6-18-12-4-16(22)14(20)2-8(10)12/h1-6,17-22H. The van der Waals surface area contributed by atoms with E-state index in [0.29, 0.717) is 11.0 Å². The van der Waals surface area contributed by atoms with Crippen LogP contribution in [0, 0.1) is 0 Å². The van der Waals surface area contributed by atoms with Gasteiger partial charge in [0.15, 0.2) is 23.0 Å². The number of hydrogen-bond acceptors (Lipinski definition) is 4. The molecule has 0 atom stereocenters. The summed E-state index contributed by atoms with van der Waals surface area (Å²) in [6.07, 6.45) is 3.52. The van der Waals surface area contributed by atoms with Crippen molar-refractivity contribution in [2.45, 2.75) is 0 Å². The first-order valence-electron chi connectivity index (χ1n) is 6.61. The van der Waals surface area contributed by atoms with Crippen molar-refractivity contribution in [1.82, 2.24) is 9.97 Å². The maximum atomic E-state index is 9.71. The number of aromatic hydroxyl groups is 4. The van der Waals surface area contributed by atoms with Crippen LogP contribution >= 0.6 is 0 Å². The van der Waals surface area contributed by atoms with Crippen LogP contribution in [0.5, 0.6) is 23.0 Å². The summed E-state index contributed by atoms with van der Waals surface area (Å²) in [6, 6.07) is 5.86. The Bertz CT molecular complexity index is 946. The Morgan fingerprint density at radius 3 is 1.32 bits per heavy atom. The summed E-state index contributed by atoms with van der Waals surface area (Å²) >= 11 is 0. The first kappa shape index (κ1) is 12.5. The summed E-state index contributed by atoms with van der Waals surface area (Å²) in [4.78, 5) is 6.08. The first-order valence-corrected chi connectivity index (χ1v) is 6.61. The van der Waals surface area contributed by atoms with Crippen LogP contribution in [-0.2, 0) is 0 Å². The normalized spacial score (nSPS) is 11.5. The molecule has 22 heavy (non-hydrogen) atoms. The van der Waals surface area contributed by atoms with E-state index >= 15 is 0 Å². The van der Waals surface area contributed by atoms with Gasteiger partial charge in [0.1, 0.15) is 0 Å². The van der Waals surface area contributed by atoms with Gasteiger partial charge in [0, 0.05) is 57.5 Å². The highest BCUT2D eigenvalue weighted by Crippen LogP contribution is 2.40. The van der Waals surface area contributed by atoms with Crippen LogP contribution in [0.4, 0.5) is 0 Å². The second-order valence-corrected chi connectivity index (χ2v) is 5.18. The van der Waals surface area contributed by atoms with Crippen molar-refractivity contribution in [3.05, 3.63) is 36.7 Å². The number of rotatable bonds is 1. The van der Waals surface area contributed by atoms with Crippen molar-refractivity contribution in [3.63, 3.8) is 0 Å². The van der Waals surface area contributed by atoms with Crippen molar-refractivity contribution < 1.29 is 20.4 Å². The van der Waals surface area contributed by atoms with Crippen LogP contribution in [-0.4, -0.2) is 30.4 Å². The van der Waals surface area contributed by atoms with Crippen LogP contribution in [0.2, 0.25) is 0 Å². The van der Waals surface area contributed by atoms with Gasteiger partial charge in [-0.05, 0) is 12.1 Å². The van der Waals surface area contributed by atoms with Crippen molar-refractivity contribution in [3.8, 4) is 34.1 Å². The molecule has 2 heterocycles. The van der Waals surface area contributed by atoms with E-state index in [1.54, 1.807) is 12.4 Å². The maximum Gasteiger partial charge on any atom is 0.159 e. The Morgan fingerprint density at radius 2 is 0.909 bits per heavy atom. The molecular formula is C16H12N2O4. The van der Waals surface area contributed by atoms with Crippen LogP contribution < -0.4 is 0 Å². The average Bonchev–Trinajstić information content (AvgIpc) is 3.04. The Kier molecular flexibility index (Phi) is 2.33. The van der Waals surface area contributed by atoms with Crippen LogP contribution in [0.25, 0.3) is 32.9 Å². The first-order chi connectivity index (χ1) is 10.5. The van der Waals surface area contributed by atoms with Gasteiger partial charge in [-0.1, -0.05) is 0 Å². The second kappa shape index (κ2) is 4.11. The molecule has 0 aliphatic rings. The summed E-state index contributed by atoms with van der Waals surface area (Å²) in [6.45, 7) is 0. The van der Waals surface area contributed by atoms with E-state index in [-0.39, 0.29) is 23.0 Å². The number of phenolic OH excluding ortho intramolecular Hbond substituents is 4. The number of fused-ring (bicyclic) bond motifs is 2. The highest BCUT2D eigenvalue weighted by atomic mass is 16.3. The molecule has 0 amide bonds. The monoisotopic (exact) mass is 296 g/mol. The number of H-pyrrole nitrogens is 2. The van der Waals surface area contributed by atoms with Gasteiger partial charge >= 0.3 is 0 Å². The van der Waals surface area contributed by atoms with E-state index in [2.05, 4.69) is 9.97 Å². The Balaban J connectivity index is 2.03. The van der Waals surface area contributed by atoms with Gasteiger partial charge in [-0.2, -0.15) is 0 Å². The van der Waals surface area contributed by atoms with Crippen LogP contribution in [0.15, 0.2) is 36.7 Å². The van der Waals surface area contributed by atoms with Crippen LogP contribution in [0.3, 0.4) is 0 Å². The van der Waals surface area contributed by atoms with E-state index in [0.717, 1.165) is 21.9 Å². The summed E-state index contributed by atoms with van der Waals surface area (Å²) < 4.78 is 0. The highest BCUT2D eigenvalue weighted by Gasteiger charge is 2.15. The zero-order chi connectivity index (χ0) is 15.4. The van der Waals surface area contributed by atoms with Crippen molar-refractivity contribution in [1.29, 1.82) is 0 Å². The van der Waals surface area contributed by atoms with Gasteiger partial charge in [-0.3, -0.25) is 0 Å². The number of nitrogens with one attached hydrogen (secondary N) is 2. The number of aromatic nitrogens is 2. The molecule has 2 aromatic carbocycles. The maximum absolute atomic E-state index is 9.71. The molecule has 0 fully saturated rings. The molecular weight excluding hydrogens is 284 g/mol. The summed E-state index contributed by atoms with van der Waals surface area (Å²) in [5.41, 5.74) is 2.98. The fraction of sp³-hybridized carbons (Fsp3) is 0. The molecule has 0 radical (unpaired) electrons. The number of aromatic amines is 2. The Hall–Kier alpha value is -3.28. The molecule has 6 nitrogen and oxygen atoms in total. The van der Waals surface area contributed by atoms with Crippen molar-refractivity contribution >= 4 is 21.8 Å². The molecule has 4 rings (SSSR count). The minimum absolute atomic E-state index is 0.192. The van der Waals surface area contributed by atoms with Crippen molar-refractivity contribution in [2.24, 2.45) is 0 Å². The summed E-state index contributed by atoms with van der Waals surface area (Å²) in [5, 5.41) is 40.0. The van der Waals surface area contributed by atoms with Crippen molar-refractivity contribution in [2.75, 3.05) is 0 Å². The molecule has 2 aromatic heterocycles. The molecule has 110 valence electrons. The number of hydrogen-bond donors (Lipinski definition) is 6. The predicted molar refractivity (Wildman–Crippen MR) is 82.3 cm³/mol. The molecule has 0 saturated carbocycles. The third-order valence-corrected chi connectivity index (χ3v) is 3.84. The van der Waals surface area contributed by atoms with E-state index in [9.17, 15) is 20.4 Å². The minimum Gasteiger partial charge on any atom is -0.504 e. The zero-order valence-electron chi connectivity index (χ0n) is 11.3. The smallest absolute Gasteiger partial charge is 0.159 e. The largest absolute Gasteiger partial charge is 0.504 e. The lowest BCUT2D eigenvalue weighted by molar-refractivity contribution is 0.405. The summed E-state index contributed by atoms with van der Waals surface area (Å²) in [7, 11) is 0. The quantitative estimate of drug-likeness (QED) is 0.303. The lowest BCUT2D eigenvalue weighted by atomic mass is 10.0. The molecule has 0 unspecified atom stereocenters. The SMILES string of the molecule is Oc1cc2[nH]cc(-c3c[nH]c4cc(O)c(O)cc34)c2cc1O. The van der Waals surface area contributed by atoms with E-state index in [1.807, 2.05) is 0 Å². The fourth-order valence-electron chi connectivity index (χ4n) is 2.74. The van der Waals surface area contributed by atoms with E-state index in [4.69, 9.17) is 0 Å². The Morgan fingerprint density at radius 1 is 0.545 bits per heavy atom. The van der Waals surface area contributed by atoms with E-state index in [1.165, 1.54) is 24.3 Å². The van der Waals surface area contributed by atoms with Gasteiger partial charge in [0.2, 0.25) is 0 Å². The van der Waals surface area contributed by atoms with Gasteiger partial charge in [0.05, 0.1) is 0 Å². The third-order valence-electron chi connectivity index (χ3n) is 3.84. The fourth-order valence-corrected chi connectivity index (χ4v) is 2.74. The number of benzene rings is 2. The van der Waals surface area contributed by atoms with E-state index < -0.39 is 0 Å². The van der Waals surface area contributed by atoms with Gasteiger partial charge < -0.3 is 30.4 Å². The minimum atomic E-state index is -0.200. The topological polar surface area (TPSA) is 112 Å². The molecule has 0 aliphatic carbocycles. The Labute approximate surface area is 123 Å². The molecule has 6 heteroatoms. The third kappa shape index (κ3) is 1.61. The van der Waals surface area contributed by atoms with Gasteiger partial charge in [0.25, 0.3) is 0 Å². The number of phenols is 4. The zero-order valence-corrected chi connectivity index (χ0v) is 11.3. The van der Waals surface area contributed by atoms with Gasteiger partial charge in [-0.15, -0.1) is 0 Å². The molecule has 6 N–H and O–H groups in total. The molecule has 0 aliphatic heterocycles. The predicted octanol–water partition coefficient (Wildman–Crippen LogP) is 3.14. The second-order valence-electron chi connectivity index (χ2n) is 5.18. The van der Waals surface area contributed by atoms with Gasteiger partial charge in [-0.25, -0.2) is 0 Å². The molecule has 4 aromatic rings. The molecule has 0 spiro atoms. The summed E-state index contributed by atoms with van der Waals surface area (Å²) in [5.74, 6) is -0.785. The van der Waals surface area contributed by atoms with Crippen LogP contribution in [0.1, 0.15) is 0 Å². The lowest BCUT2D eigenvalue weighted by Gasteiger charge is -2.02. The molecule has 0 saturated heterocycles. The lowest BCUT2D eigenvalue weighted by Crippen LogP contribution is -1.76.